The van der Waals surface area contributed by atoms with E-state index in [0.29, 0.717) is 25.3 Å². The summed E-state index contributed by atoms with van der Waals surface area (Å²) < 4.78 is 43.2. The highest BCUT2D eigenvalue weighted by molar-refractivity contribution is 7.99. The van der Waals surface area contributed by atoms with E-state index in [2.05, 4.69) is 0 Å². The monoisotopic (exact) mass is 441 g/mol. The highest BCUT2D eigenvalue weighted by Gasteiger charge is 2.33. The highest BCUT2D eigenvalue weighted by Crippen LogP contribution is 2.41. The van der Waals surface area contributed by atoms with E-state index < -0.39 is 16.0 Å². The summed E-state index contributed by atoms with van der Waals surface area (Å²) >= 11 is 2.80. The number of carbonyl (C=O) groups excluding carboxylic acids is 1. The third-order valence-corrected chi connectivity index (χ3v) is 8.98. The molecule has 1 atom stereocenters. The van der Waals surface area contributed by atoms with E-state index in [1.807, 2.05) is 18.2 Å². The van der Waals surface area contributed by atoms with E-state index in [-0.39, 0.29) is 21.8 Å². The first-order valence-electron chi connectivity index (χ1n) is 8.68. The average molecular weight is 442 g/mol. The fraction of sp³-hybridized carbons (Fsp3) is 0.389. The summed E-state index contributed by atoms with van der Waals surface area (Å²) in [5.41, 5.74) is 1.10. The van der Waals surface area contributed by atoms with Gasteiger partial charge in [0, 0.05) is 24.1 Å². The van der Waals surface area contributed by atoms with Gasteiger partial charge in [0.2, 0.25) is 16.8 Å². The molecule has 0 radical (unpaired) electrons. The quantitative estimate of drug-likeness (QED) is 0.674. The average Bonchev–Trinajstić information content (AvgIpc) is 3.31. The molecule has 0 saturated carbocycles. The molecule has 1 fully saturated rings. The lowest BCUT2D eigenvalue weighted by molar-refractivity contribution is 0.0602. The van der Waals surface area contributed by atoms with Crippen LogP contribution in [0.2, 0.25) is 0 Å². The molecule has 0 N–H and O–H groups in total. The van der Waals surface area contributed by atoms with Crippen LogP contribution in [0.15, 0.2) is 34.5 Å². The molecule has 7 nitrogen and oxygen atoms in total. The van der Waals surface area contributed by atoms with E-state index in [0.717, 1.165) is 28.4 Å². The maximum atomic E-state index is 13.1. The molecule has 2 aromatic rings. The Bertz CT molecular complexity index is 987. The summed E-state index contributed by atoms with van der Waals surface area (Å²) in [4.78, 5) is 12.0. The zero-order valence-corrected chi connectivity index (χ0v) is 17.6. The normalized spacial score (nSPS) is 20.0. The minimum atomic E-state index is -3.76. The van der Waals surface area contributed by atoms with E-state index in [4.69, 9.17) is 14.2 Å². The summed E-state index contributed by atoms with van der Waals surface area (Å²) in [7, 11) is -2.51. The smallest absolute Gasteiger partial charge is 0.349 e. The number of methoxy groups -OCH3 is 1. The number of thioether (sulfide) groups is 1. The van der Waals surface area contributed by atoms with Crippen molar-refractivity contribution in [3.05, 3.63) is 40.1 Å². The second kappa shape index (κ2) is 7.94. The van der Waals surface area contributed by atoms with Crippen LogP contribution in [-0.2, 0) is 14.8 Å². The maximum Gasteiger partial charge on any atom is 0.349 e. The maximum absolute atomic E-state index is 13.1. The molecule has 0 unspecified atom stereocenters. The van der Waals surface area contributed by atoms with Gasteiger partial charge in [-0.05, 0) is 35.6 Å². The largest absolute Gasteiger partial charge is 0.465 e. The lowest BCUT2D eigenvalue weighted by Crippen LogP contribution is -2.33. The van der Waals surface area contributed by atoms with Gasteiger partial charge in [-0.2, -0.15) is 16.1 Å². The first-order valence-corrected chi connectivity index (χ1v) is 12.0. The van der Waals surface area contributed by atoms with Crippen molar-refractivity contribution in [3.8, 4) is 11.5 Å². The molecule has 1 saturated heterocycles. The van der Waals surface area contributed by atoms with Gasteiger partial charge in [0.05, 0.1) is 7.11 Å². The summed E-state index contributed by atoms with van der Waals surface area (Å²) in [5, 5.41) is 1.76. The molecule has 2 aliphatic heterocycles. The predicted octanol–water partition coefficient (Wildman–Crippen LogP) is 3.13. The van der Waals surface area contributed by atoms with Crippen LogP contribution in [0.5, 0.6) is 11.5 Å². The molecular weight excluding hydrogens is 422 g/mol. The molecule has 0 spiro atoms. The number of esters is 1. The number of benzene rings is 1. The van der Waals surface area contributed by atoms with E-state index in [9.17, 15) is 13.2 Å². The topological polar surface area (TPSA) is 82.1 Å². The van der Waals surface area contributed by atoms with Crippen molar-refractivity contribution in [2.75, 3.05) is 32.7 Å². The number of carbonyl (C=O) groups is 1. The van der Waals surface area contributed by atoms with Gasteiger partial charge in [0.25, 0.3) is 0 Å². The van der Waals surface area contributed by atoms with Gasteiger partial charge in [-0.15, -0.1) is 11.3 Å². The summed E-state index contributed by atoms with van der Waals surface area (Å²) in [5.74, 6) is 1.50. The number of nitrogens with zero attached hydrogens (tertiary/aromatic N) is 1. The summed E-state index contributed by atoms with van der Waals surface area (Å²) in [6, 6.07) is 7.34. The molecule has 2 aliphatic rings. The van der Waals surface area contributed by atoms with Crippen molar-refractivity contribution in [2.24, 2.45) is 0 Å². The Morgan fingerprint density at radius 3 is 2.86 bits per heavy atom. The Hall–Kier alpha value is -1.75. The van der Waals surface area contributed by atoms with Crippen LogP contribution in [0, 0.1) is 0 Å². The molecule has 0 amide bonds. The van der Waals surface area contributed by atoms with Crippen molar-refractivity contribution in [1.82, 2.24) is 4.31 Å². The zero-order chi connectivity index (χ0) is 19.7. The van der Waals surface area contributed by atoms with Crippen molar-refractivity contribution in [3.63, 3.8) is 0 Å². The molecular formula is C18H19NO6S3. The number of hydrogen-bond donors (Lipinski definition) is 0. The number of sulfonamides is 1. The van der Waals surface area contributed by atoms with Gasteiger partial charge in [-0.3, -0.25) is 0 Å². The number of fused-ring (bicyclic) bond motifs is 1. The standard InChI is InChI=1S/C18H19NO6S3/c1-23-18(20)17-16(5-8-27-17)28(21,22)19-6-4-15(26-9-7-19)12-2-3-13-14(10-12)25-11-24-13/h2-3,5,8,10,15H,4,6-7,9,11H2,1H3/t15-/m1/s1. The predicted molar refractivity (Wildman–Crippen MR) is 107 cm³/mol. The zero-order valence-electron chi connectivity index (χ0n) is 15.1. The second-order valence-corrected chi connectivity index (χ2v) is 10.4. The summed E-state index contributed by atoms with van der Waals surface area (Å²) in [6.07, 6.45) is 0.668. The molecule has 3 heterocycles. The van der Waals surface area contributed by atoms with Crippen LogP contribution < -0.4 is 9.47 Å². The Balaban J connectivity index is 1.52. The molecule has 10 heteroatoms. The van der Waals surface area contributed by atoms with E-state index in [1.54, 1.807) is 17.1 Å². The van der Waals surface area contributed by atoms with Crippen LogP contribution in [0.4, 0.5) is 0 Å². The third kappa shape index (κ3) is 3.61. The fourth-order valence-electron chi connectivity index (χ4n) is 3.25. The van der Waals surface area contributed by atoms with Gasteiger partial charge < -0.3 is 14.2 Å². The van der Waals surface area contributed by atoms with Crippen molar-refractivity contribution >= 4 is 39.1 Å². The lowest BCUT2D eigenvalue weighted by Gasteiger charge is -2.20. The van der Waals surface area contributed by atoms with Gasteiger partial charge in [0.1, 0.15) is 9.77 Å². The Morgan fingerprint density at radius 2 is 2.04 bits per heavy atom. The van der Waals surface area contributed by atoms with Gasteiger partial charge >= 0.3 is 5.97 Å². The molecule has 0 aliphatic carbocycles. The van der Waals surface area contributed by atoms with Crippen LogP contribution in [-0.4, -0.2) is 51.4 Å². The molecule has 150 valence electrons. The van der Waals surface area contributed by atoms with E-state index in [1.165, 1.54) is 17.5 Å². The van der Waals surface area contributed by atoms with Gasteiger partial charge in [0.15, 0.2) is 11.5 Å². The first kappa shape index (κ1) is 19.6. The SMILES string of the molecule is COC(=O)c1sccc1S(=O)(=O)N1CCS[C@@H](c2ccc3c(c2)OCO3)CC1. The lowest BCUT2D eigenvalue weighted by atomic mass is 10.1. The van der Waals surface area contributed by atoms with Crippen LogP contribution in [0.25, 0.3) is 0 Å². The second-order valence-electron chi connectivity index (χ2n) is 6.27. The Kier molecular flexibility index (Phi) is 5.55. The van der Waals surface area contributed by atoms with Crippen LogP contribution in [0.3, 0.4) is 0 Å². The highest BCUT2D eigenvalue weighted by atomic mass is 32.2. The van der Waals surface area contributed by atoms with Gasteiger partial charge in [-0.1, -0.05) is 6.07 Å². The Labute approximate surface area is 171 Å². The molecule has 4 rings (SSSR count). The van der Waals surface area contributed by atoms with Crippen molar-refractivity contribution in [1.29, 1.82) is 0 Å². The summed E-state index contributed by atoms with van der Waals surface area (Å²) in [6.45, 7) is 1.00. The number of hydrogen-bond acceptors (Lipinski definition) is 8. The van der Waals surface area contributed by atoms with Gasteiger partial charge in [-0.25, -0.2) is 13.2 Å². The number of rotatable bonds is 4. The van der Waals surface area contributed by atoms with Crippen LogP contribution in [0.1, 0.15) is 26.9 Å². The molecule has 1 aromatic heterocycles. The minimum Gasteiger partial charge on any atom is -0.465 e. The minimum absolute atomic E-state index is 0.0240. The molecule has 1 aromatic carbocycles. The third-order valence-electron chi connectivity index (χ3n) is 4.69. The molecule has 0 bridgehead atoms. The number of thiophene rings is 1. The molecule has 28 heavy (non-hydrogen) atoms. The number of ether oxygens (including phenoxy) is 3. The first-order chi connectivity index (χ1) is 13.5. The fourth-order valence-corrected chi connectivity index (χ4v) is 7.35. The Morgan fingerprint density at radius 1 is 1.21 bits per heavy atom. The van der Waals surface area contributed by atoms with E-state index >= 15 is 0 Å². The van der Waals surface area contributed by atoms with Crippen LogP contribution >= 0.6 is 23.1 Å². The van der Waals surface area contributed by atoms with Crippen molar-refractivity contribution < 1.29 is 27.4 Å². The van der Waals surface area contributed by atoms with Crippen molar-refractivity contribution in [2.45, 2.75) is 16.6 Å².